The van der Waals surface area contributed by atoms with Crippen molar-refractivity contribution in [2.24, 2.45) is 0 Å². The van der Waals surface area contributed by atoms with Gasteiger partial charge in [-0.2, -0.15) is 0 Å². The molecule has 0 amide bonds. The molecule has 1 N–H and O–H groups in total. The van der Waals surface area contributed by atoms with Crippen molar-refractivity contribution in [1.82, 2.24) is 5.43 Å². The Balaban J connectivity index is 2.00. The Hall–Kier alpha value is -1.82. The Bertz CT molecular complexity index is 581. The number of ether oxygens (including phenoxy) is 3. The van der Waals surface area contributed by atoms with Gasteiger partial charge in [0.05, 0.1) is 12.8 Å². The fraction of sp³-hybridized carbons (Fsp3) is 0.286. The van der Waals surface area contributed by atoms with Gasteiger partial charge in [-0.1, -0.05) is 0 Å². The van der Waals surface area contributed by atoms with E-state index in [-0.39, 0.29) is 0 Å². The van der Waals surface area contributed by atoms with Crippen LogP contribution in [-0.4, -0.2) is 20.3 Å². The van der Waals surface area contributed by atoms with Crippen LogP contribution in [0.1, 0.15) is 6.92 Å². The molecule has 2 heterocycles. The molecule has 0 radical (unpaired) electrons. The molecular formula is C14H15BrN2O3. The number of hydrogen-bond acceptors (Lipinski definition) is 5. The van der Waals surface area contributed by atoms with E-state index in [0.717, 1.165) is 15.9 Å². The normalized spacial score (nSPS) is 17.1. The number of anilines is 1. The molecule has 0 saturated carbocycles. The first-order chi connectivity index (χ1) is 9.67. The van der Waals surface area contributed by atoms with Crippen LogP contribution in [-0.2, 0) is 0 Å². The van der Waals surface area contributed by atoms with Crippen molar-refractivity contribution in [3.8, 4) is 17.2 Å². The number of fused-ring (bicyclic) bond motifs is 1. The third kappa shape index (κ3) is 2.43. The molecule has 0 fully saturated rings. The molecule has 6 heteroatoms. The molecule has 2 aliphatic rings. The summed E-state index contributed by atoms with van der Waals surface area (Å²) in [6.07, 6.45) is 3.95. The molecule has 1 aromatic carbocycles. The Kier molecular flexibility index (Phi) is 3.48. The number of nitrogens with one attached hydrogen (secondary N) is 1. The van der Waals surface area contributed by atoms with Crippen LogP contribution in [0, 0.1) is 0 Å². The highest BCUT2D eigenvalue weighted by atomic mass is 79.9. The van der Waals surface area contributed by atoms with Crippen LogP contribution >= 0.6 is 15.9 Å². The lowest BCUT2D eigenvalue weighted by Crippen LogP contribution is -2.34. The minimum absolute atomic E-state index is 0.540. The Morgan fingerprint density at radius 2 is 2.10 bits per heavy atom. The summed E-state index contributed by atoms with van der Waals surface area (Å²) in [4.78, 5) is 0. The SMILES string of the molecule is COc1cc(N2C=C(Br)C=C(C)N2)cc2c1OCCO2. The number of hydrogen-bond donors (Lipinski definition) is 1. The van der Waals surface area contributed by atoms with Gasteiger partial charge in [0, 0.05) is 28.5 Å². The van der Waals surface area contributed by atoms with Gasteiger partial charge in [-0.15, -0.1) is 0 Å². The second-order valence-corrected chi connectivity index (χ2v) is 5.41. The summed E-state index contributed by atoms with van der Waals surface area (Å²) >= 11 is 3.49. The average molecular weight is 339 g/mol. The summed E-state index contributed by atoms with van der Waals surface area (Å²) < 4.78 is 17.6. The maximum Gasteiger partial charge on any atom is 0.203 e. The predicted octanol–water partition coefficient (Wildman–Crippen LogP) is 2.93. The molecule has 106 valence electrons. The fourth-order valence-corrected chi connectivity index (χ4v) is 2.71. The minimum Gasteiger partial charge on any atom is -0.493 e. The number of allylic oxidation sites excluding steroid dienone is 3. The van der Waals surface area contributed by atoms with Gasteiger partial charge in [0.25, 0.3) is 0 Å². The van der Waals surface area contributed by atoms with Gasteiger partial charge in [0.1, 0.15) is 13.2 Å². The van der Waals surface area contributed by atoms with Crippen molar-refractivity contribution < 1.29 is 14.2 Å². The maximum absolute atomic E-state index is 5.64. The van der Waals surface area contributed by atoms with Crippen molar-refractivity contribution in [2.45, 2.75) is 6.92 Å². The lowest BCUT2D eigenvalue weighted by Gasteiger charge is -2.28. The van der Waals surface area contributed by atoms with Crippen molar-refractivity contribution in [3.63, 3.8) is 0 Å². The largest absolute Gasteiger partial charge is 0.493 e. The van der Waals surface area contributed by atoms with Gasteiger partial charge in [-0.25, -0.2) is 0 Å². The molecule has 3 rings (SSSR count). The van der Waals surface area contributed by atoms with Gasteiger partial charge in [-0.05, 0) is 28.9 Å². The quantitative estimate of drug-likeness (QED) is 0.898. The minimum atomic E-state index is 0.540. The highest BCUT2D eigenvalue weighted by Gasteiger charge is 2.21. The first-order valence-electron chi connectivity index (χ1n) is 6.26. The summed E-state index contributed by atoms with van der Waals surface area (Å²) in [5, 5.41) is 1.90. The smallest absolute Gasteiger partial charge is 0.203 e. The maximum atomic E-state index is 5.64. The zero-order valence-electron chi connectivity index (χ0n) is 11.3. The van der Waals surface area contributed by atoms with Crippen LogP contribution in [0.25, 0.3) is 0 Å². The van der Waals surface area contributed by atoms with Crippen LogP contribution in [0.15, 0.2) is 34.6 Å². The van der Waals surface area contributed by atoms with Crippen LogP contribution in [0.3, 0.4) is 0 Å². The Morgan fingerprint density at radius 3 is 2.85 bits per heavy atom. The molecule has 0 saturated heterocycles. The van der Waals surface area contributed by atoms with Crippen molar-refractivity contribution in [3.05, 3.63) is 34.6 Å². The van der Waals surface area contributed by atoms with E-state index in [4.69, 9.17) is 14.2 Å². The zero-order valence-corrected chi connectivity index (χ0v) is 12.9. The Morgan fingerprint density at radius 1 is 1.30 bits per heavy atom. The van der Waals surface area contributed by atoms with Crippen molar-refractivity contribution in [1.29, 1.82) is 0 Å². The van der Waals surface area contributed by atoms with Crippen LogP contribution in [0.5, 0.6) is 17.2 Å². The lowest BCUT2D eigenvalue weighted by molar-refractivity contribution is 0.165. The number of nitrogens with zero attached hydrogens (tertiary/aromatic N) is 1. The second kappa shape index (κ2) is 5.28. The summed E-state index contributed by atoms with van der Waals surface area (Å²) in [6, 6.07) is 3.84. The topological polar surface area (TPSA) is 43.0 Å². The van der Waals surface area contributed by atoms with E-state index in [9.17, 15) is 0 Å². The van der Waals surface area contributed by atoms with Crippen molar-refractivity contribution >= 4 is 21.6 Å². The van der Waals surface area contributed by atoms with E-state index in [1.807, 2.05) is 36.3 Å². The molecule has 5 nitrogen and oxygen atoms in total. The van der Waals surface area contributed by atoms with Gasteiger partial charge in [-0.3, -0.25) is 10.4 Å². The van der Waals surface area contributed by atoms with Crippen LogP contribution in [0.2, 0.25) is 0 Å². The first-order valence-corrected chi connectivity index (χ1v) is 7.06. The standard InChI is InChI=1S/C14H15BrN2O3/c1-9-5-10(15)8-17(16-9)11-6-12(18-2)14-13(7-11)19-3-4-20-14/h5-8,16H,3-4H2,1-2H3. The van der Waals surface area contributed by atoms with Gasteiger partial charge >= 0.3 is 0 Å². The third-order valence-electron chi connectivity index (χ3n) is 2.99. The first kappa shape index (κ1) is 13.2. The van der Waals surface area contributed by atoms with E-state index < -0.39 is 0 Å². The Labute approximate surface area is 125 Å². The van der Waals surface area contributed by atoms with Gasteiger partial charge < -0.3 is 14.2 Å². The summed E-state index contributed by atoms with van der Waals surface area (Å²) in [5.41, 5.74) is 5.21. The zero-order chi connectivity index (χ0) is 14.1. The van der Waals surface area contributed by atoms with E-state index in [2.05, 4.69) is 21.4 Å². The van der Waals surface area contributed by atoms with Gasteiger partial charge in [0.2, 0.25) is 5.75 Å². The summed E-state index contributed by atoms with van der Waals surface area (Å²) in [5.74, 6) is 2.02. The average Bonchev–Trinajstić information content (AvgIpc) is 2.45. The number of halogens is 1. The van der Waals surface area contributed by atoms with Gasteiger partial charge in [0.15, 0.2) is 11.5 Å². The molecule has 2 aliphatic heterocycles. The number of methoxy groups -OCH3 is 1. The molecule has 1 aromatic rings. The third-order valence-corrected chi connectivity index (χ3v) is 3.43. The molecule has 0 spiro atoms. The molecule has 0 atom stereocenters. The van der Waals surface area contributed by atoms with E-state index in [1.165, 1.54) is 0 Å². The van der Waals surface area contributed by atoms with Crippen molar-refractivity contribution in [2.75, 3.05) is 25.3 Å². The molecule has 20 heavy (non-hydrogen) atoms. The highest BCUT2D eigenvalue weighted by molar-refractivity contribution is 9.11. The molecule has 0 aromatic heterocycles. The predicted molar refractivity (Wildman–Crippen MR) is 80.4 cm³/mol. The number of hydrazine groups is 1. The van der Waals surface area contributed by atoms with E-state index >= 15 is 0 Å². The monoisotopic (exact) mass is 338 g/mol. The number of rotatable bonds is 2. The van der Waals surface area contributed by atoms with Crippen LogP contribution in [0.4, 0.5) is 5.69 Å². The number of benzene rings is 1. The van der Waals surface area contributed by atoms with Crippen LogP contribution < -0.4 is 24.6 Å². The fourth-order valence-electron chi connectivity index (χ4n) is 2.16. The molecule has 0 bridgehead atoms. The molecule has 0 aliphatic carbocycles. The summed E-state index contributed by atoms with van der Waals surface area (Å²) in [6.45, 7) is 3.08. The van der Waals surface area contributed by atoms with E-state index in [0.29, 0.717) is 30.5 Å². The molecule has 0 unspecified atom stereocenters. The second-order valence-electron chi connectivity index (χ2n) is 4.50. The highest BCUT2D eigenvalue weighted by Crippen LogP contribution is 2.43. The lowest BCUT2D eigenvalue weighted by atomic mass is 10.2. The molecular weight excluding hydrogens is 324 g/mol. The van der Waals surface area contributed by atoms with E-state index in [1.54, 1.807) is 7.11 Å². The summed E-state index contributed by atoms with van der Waals surface area (Å²) in [7, 11) is 1.62.